The van der Waals surface area contributed by atoms with Gasteiger partial charge in [-0.05, 0) is 42.0 Å². The Labute approximate surface area is 115 Å². The minimum absolute atomic E-state index is 0.306. The van der Waals surface area contributed by atoms with Crippen LogP contribution in [0.3, 0.4) is 0 Å². The summed E-state index contributed by atoms with van der Waals surface area (Å²) in [6, 6.07) is 9.27. The van der Waals surface area contributed by atoms with Crippen molar-refractivity contribution in [3.8, 4) is 0 Å². The average Bonchev–Trinajstić information content (AvgIpc) is 2.93. The third-order valence-corrected chi connectivity index (χ3v) is 6.17. The predicted octanol–water partition coefficient (Wildman–Crippen LogP) is 2.85. The highest BCUT2D eigenvalue weighted by Gasteiger charge is 2.47. The number of sulfonamides is 1. The summed E-state index contributed by atoms with van der Waals surface area (Å²) in [7, 11) is -3.50. The molecule has 0 saturated heterocycles. The van der Waals surface area contributed by atoms with E-state index < -0.39 is 15.6 Å². The summed E-state index contributed by atoms with van der Waals surface area (Å²) in [6.45, 7) is 0. The molecule has 3 rings (SSSR count). The van der Waals surface area contributed by atoms with Gasteiger partial charge in [-0.2, -0.15) is 4.72 Å². The summed E-state index contributed by atoms with van der Waals surface area (Å²) in [5.74, 6) is -0.319. The highest BCUT2D eigenvalue weighted by Crippen LogP contribution is 2.46. The number of hydrogen-bond acceptors (Lipinski definition) is 3. The van der Waals surface area contributed by atoms with E-state index in [0.717, 1.165) is 18.4 Å². The van der Waals surface area contributed by atoms with Crippen molar-refractivity contribution in [2.45, 2.75) is 22.6 Å². The molecule has 0 unspecified atom stereocenters. The van der Waals surface area contributed by atoms with Crippen molar-refractivity contribution in [2.24, 2.45) is 0 Å². The van der Waals surface area contributed by atoms with Gasteiger partial charge in [-0.25, -0.2) is 12.8 Å². The van der Waals surface area contributed by atoms with E-state index in [1.165, 1.54) is 23.5 Å². The number of halogens is 1. The molecule has 0 spiro atoms. The second-order valence-electron chi connectivity index (χ2n) is 4.63. The molecule has 1 saturated carbocycles. The van der Waals surface area contributed by atoms with Gasteiger partial charge >= 0.3 is 0 Å². The van der Waals surface area contributed by atoms with Crippen LogP contribution in [0.5, 0.6) is 0 Å². The van der Waals surface area contributed by atoms with Crippen LogP contribution in [0.4, 0.5) is 4.39 Å². The first kappa shape index (κ1) is 12.8. The lowest BCUT2D eigenvalue weighted by Crippen LogP contribution is -2.34. The molecule has 1 aliphatic rings. The third kappa shape index (κ3) is 2.43. The first-order valence-electron chi connectivity index (χ1n) is 5.85. The van der Waals surface area contributed by atoms with E-state index in [4.69, 9.17) is 0 Å². The summed E-state index contributed by atoms with van der Waals surface area (Å²) < 4.78 is 40.4. The van der Waals surface area contributed by atoms with Gasteiger partial charge in [0.2, 0.25) is 0 Å². The van der Waals surface area contributed by atoms with Crippen molar-refractivity contribution in [1.29, 1.82) is 0 Å². The van der Waals surface area contributed by atoms with Crippen molar-refractivity contribution in [2.75, 3.05) is 0 Å². The zero-order valence-electron chi connectivity index (χ0n) is 9.97. The molecule has 1 N–H and O–H groups in total. The van der Waals surface area contributed by atoms with Gasteiger partial charge in [0.25, 0.3) is 10.0 Å². The Morgan fingerprint density at radius 3 is 2.37 bits per heavy atom. The van der Waals surface area contributed by atoms with E-state index in [1.807, 2.05) is 0 Å². The van der Waals surface area contributed by atoms with Crippen LogP contribution in [0.25, 0.3) is 0 Å². The molecular weight excluding hydrogens is 285 g/mol. The second kappa shape index (κ2) is 4.40. The first-order valence-corrected chi connectivity index (χ1v) is 8.22. The lowest BCUT2D eigenvalue weighted by Gasteiger charge is -2.17. The van der Waals surface area contributed by atoms with Crippen LogP contribution in [0.1, 0.15) is 18.4 Å². The van der Waals surface area contributed by atoms with Crippen LogP contribution in [-0.4, -0.2) is 8.42 Å². The van der Waals surface area contributed by atoms with Crippen molar-refractivity contribution < 1.29 is 12.8 Å². The number of benzene rings is 1. The molecule has 2 aromatic rings. The first-order chi connectivity index (χ1) is 9.02. The molecule has 1 aromatic heterocycles. The summed E-state index contributed by atoms with van der Waals surface area (Å²) in [5.41, 5.74) is 0.255. The lowest BCUT2D eigenvalue weighted by molar-refractivity contribution is 0.553. The Balaban J connectivity index is 1.89. The summed E-state index contributed by atoms with van der Waals surface area (Å²) >= 11 is 1.19. The van der Waals surface area contributed by atoms with Crippen molar-refractivity contribution in [1.82, 2.24) is 4.72 Å². The SMILES string of the molecule is O=S(=O)(NC1(c2ccc(F)cc2)CC1)c1cccs1. The zero-order chi connectivity index (χ0) is 13.5. The van der Waals surface area contributed by atoms with Crippen molar-refractivity contribution >= 4 is 21.4 Å². The molecule has 0 bridgehead atoms. The summed E-state index contributed by atoms with van der Waals surface area (Å²) in [6.07, 6.45) is 1.48. The van der Waals surface area contributed by atoms with E-state index in [-0.39, 0.29) is 5.82 Å². The maximum atomic E-state index is 12.9. The van der Waals surface area contributed by atoms with Gasteiger partial charge < -0.3 is 0 Å². The molecule has 19 heavy (non-hydrogen) atoms. The smallest absolute Gasteiger partial charge is 0.207 e. The van der Waals surface area contributed by atoms with Crippen molar-refractivity contribution in [3.63, 3.8) is 0 Å². The van der Waals surface area contributed by atoms with Gasteiger partial charge in [0.1, 0.15) is 10.0 Å². The van der Waals surface area contributed by atoms with Crippen LogP contribution < -0.4 is 4.72 Å². The van der Waals surface area contributed by atoms with Crippen LogP contribution in [0.15, 0.2) is 46.0 Å². The number of thiophene rings is 1. The van der Waals surface area contributed by atoms with E-state index in [1.54, 1.807) is 29.6 Å². The summed E-state index contributed by atoms with van der Waals surface area (Å²) in [4.78, 5) is 0. The normalized spacial score (nSPS) is 17.3. The predicted molar refractivity (Wildman–Crippen MR) is 72.0 cm³/mol. The van der Waals surface area contributed by atoms with Gasteiger partial charge in [0.05, 0.1) is 5.54 Å². The van der Waals surface area contributed by atoms with E-state index >= 15 is 0 Å². The molecule has 1 heterocycles. The Hall–Kier alpha value is -1.24. The zero-order valence-corrected chi connectivity index (χ0v) is 11.6. The molecule has 0 radical (unpaired) electrons. The fourth-order valence-electron chi connectivity index (χ4n) is 2.07. The van der Waals surface area contributed by atoms with Crippen LogP contribution >= 0.6 is 11.3 Å². The Morgan fingerprint density at radius 1 is 1.16 bits per heavy atom. The quantitative estimate of drug-likeness (QED) is 0.943. The highest BCUT2D eigenvalue weighted by atomic mass is 32.2. The molecule has 1 fully saturated rings. The Kier molecular flexibility index (Phi) is 2.96. The topological polar surface area (TPSA) is 46.2 Å². The molecule has 1 aliphatic carbocycles. The van der Waals surface area contributed by atoms with E-state index in [9.17, 15) is 12.8 Å². The second-order valence-corrected chi connectivity index (χ2v) is 7.48. The van der Waals surface area contributed by atoms with Gasteiger partial charge in [-0.3, -0.25) is 0 Å². The fraction of sp³-hybridized carbons (Fsp3) is 0.231. The Morgan fingerprint density at radius 2 is 1.84 bits per heavy atom. The molecule has 100 valence electrons. The standard InChI is InChI=1S/C13H12FNO2S2/c14-11-5-3-10(4-6-11)13(7-8-13)15-19(16,17)12-2-1-9-18-12/h1-6,9,15H,7-8H2. The molecule has 1 aromatic carbocycles. The minimum Gasteiger partial charge on any atom is -0.207 e. The molecular formula is C13H12FNO2S2. The monoisotopic (exact) mass is 297 g/mol. The largest absolute Gasteiger partial charge is 0.250 e. The highest BCUT2D eigenvalue weighted by molar-refractivity contribution is 7.91. The third-order valence-electron chi connectivity index (χ3n) is 3.24. The van der Waals surface area contributed by atoms with Crippen molar-refractivity contribution in [3.05, 3.63) is 53.2 Å². The van der Waals surface area contributed by atoms with Crippen LogP contribution in [0.2, 0.25) is 0 Å². The minimum atomic E-state index is -3.50. The lowest BCUT2D eigenvalue weighted by atomic mass is 10.1. The maximum Gasteiger partial charge on any atom is 0.250 e. The number of rotatable bonds is 4. The van der Waals surface area contributed by atoms with E-state index in [2.05, 4.69) is 4.72 Å². The Bertz CT molecular complexity index is 674. The molecule has 0 amide bonds. The molecule has 3 nitrogen and oxygen atoms in total. The van der Waals surface area contributed by atoms with E-state index in [0.29, 0.717) is 4.21 Å². The van der Waals surface area contributed by atoms with Crippen LogP contribution in [-0.2, 0) is 15.6 Å². The number of nitrogens with one attached hydrogen (secondary N) is 1. The maximum absolute atomic E-state index is 12.9. The van der Waals surface area contributed by atoms with Gasteiger partial charge in [-0.1, -0.05) is 18.2 Å². The van der Waals surface area contributed by atoms with Crippen LogP contribution in [0, 0.1) is 5.82 Å². The molecule has 6 heteroatoms. The average molecular weight is 297 g/mol. The van der Waals surface area contributed by atoms with Gasteiger partial charge in [-0.15, -0.1) is 11.3 Å². The number of hydrogen-bond donors (Lipinski definition) is 1. The molecule has 0 aliphatic heterocycles. The van der Waals surface area contributed by atoms with Gasteiger partial charge in [0, 0.05) is 0 Å². The fourth-order valence-corrected chi connectivity index (χ4v) is 4.51. The van der Waals surface area contributed by atoms with Gasteiger partial charge in [0.15, 0.2) is 0 Å². The summed E-state index contributed by atoms with van der Waals surface area (Å²) in [5, 5.41) is 1.73. The molecule has 0 atom stereocenters.